The van der Waals surface area contributed by atoms with Gasteiger partial charge in [0.2, 0.25) is 5.95 Å². The number of piperidine rings is 1. The van der Waals surface area contributed by atoms with Gasteiger partial charge in [0.1, 0.15) is 5.82 Å². The first-order chi connectivity index (χ1) is 12.0. The molecule has 0 aromatic carbocycles. The molecule has 0 bridgehead atoms. The van der Waals surface area contributed by atoms with Crippen molar-refractivity contribution in [2.75, 3.05) is 18.0 Å². The molecule has 2 N–H and O–H groups in total. The molecule has 2 aromatic heterocycles. The molecule has 134 valence electrons. The number of aliphatic hydroxyl groups excluding tert-OH is 2. The first kappa shape index (κ1) is 17.8. The van der Waals surface area contributed by atoms with Crippen molar-refractivity contribution < 1.29 is 14.6 Å². The minimum atomic E-state index is -0.505. The van der Waals surface area contributed by atoms with E-state index in [-0.39, 0.29) is 13.2 Å². The van der Waals surface area contributed by atoms with Crippen LogP contribution in [0.5, 0.6) is 0 Å². The van der Waals surface area contributed by atoms with Gasteiger partial charge in [-0.1, -0.05) is 12.1 Å². The SMILES string of the molecule is Cc1nc(F)ccc1CO.Cc1nc(N2CC3CC3C2)ccc1CO. The van der Waals surface area contributed by atoms with Crippen LogP contribution in [-0.2, 0) is 13.2 Å². The fraction of sp³-hybridized carbons (Fsp3) is 0.474. The first-order valence-electron chi connectivity index (χ1n) is 8.57. The molecule has 2 atom stereocenters. The van der Waals surface area contributed by atoms with Crippen molar-refractivity contribution in [2.45, 2.75) is 33.5 Å². The van der Waals surface area contributed by atoms with Crippen molar-refractivity contribution in [3.8, 4) is 0 Å². The Morgan fingerprint density at radius 2 is 1.52 bits per heavy atom. The van der Waals surface area contributed by atoms with E-state index >= 15 is 0 Å². The number of rotatable bonds is 3. The van der Waals surface area contributed by atoms with Crippen LogP contribution in [0.25, 0.3) is 0 Å². The lowest BCUT2D eigenvalue weighted by Crippen LogP contribution is -2.23. The van der Waals surface area contributed by atoms with Crippen molar-refractivity contribution >= 4 is 5.82 Å². The van der Waals surface area contributed by atoms with Gasteiger partial charge in [0.25, 0.3) is 0 Å². The highest BCUT2D eigenvalue weighted by molar-refractivity contribution is 5.44. The summed E-state index contributed by atoms with van der Waals surface area (Å²) in [6.07, 6.45) is 1.42. The Bertz CT molecular complexity index is 743. The number of nitrogens with zero attached hydrogens (tertiary/aromatic N) is 3. The molecule has 1 saturated heterocycles. The topological polar surface area (TPSA) is 69.5 Å². The average molecular weight is 345 g/mol. The minimum absolute atomic E-state index is 0.0842. The predicted molar refractivity (Wildman–Crippen MR) is 93.6 cm³/mol. The summed E-state index contributed by atoms with van der Waals surface area (Å²) < 4.78 is 12.3. The number of aryl methyl sites for hydroxylation is 2. The summed E-state index contributed by atoms with van der Waals surface area (Å²) in [5, 5.41) is 17.7. The number of anilines is 1. The monoisotopic (exact) mass is 345 g/mol. The van der Waals surface area contributed by atoms with Gasteiger partial charge in [-0.15, -0.1) is 0 Å². The second-order valence-corrected chi connectivity index (χ2v) is 6.77. The molecule has 1 aliphatic carbocycles. The second kappa shape index (κ2) is 7.45. The maximum atomic E-state index is 12.3. The molecule has 2 fully saturated rings. The van der Waals surface area contributed by atoms with E-state index in [0.29, 0.717) is 11.3 Å². The molecule has 0 amide bonds. The molecular weight excluding hydrogens is 321 g/mol. The highest BCUT2D eigenvalue weighted by atomic mass is 19.1. The number of hydrogen-bond acceptors (Lipinski definition) is 5. The van der Waals surface area contributed by atoms with Crippen LogP contribution in [-0.4, -0.2) is 33.3 Å². The maximum Gasteiger partial charge on any atom is 0.213 e. The van der Waals surface area contributed by atoms with E-state index in [1.165, 1.54) is 31.6 Å². The number of pyridine rings is 2. The van der Waals surface area contributed by atoms with Gasteiger partial charge in [-0.3, -0.25) is 0 Å². The van der Waals surface area contributed by atoms with E-state index in [1.807, 2.05) is 19.1 Å². The zero-order chi connectivity index (χ0) is 18.0. The van der Waals surface area contributed by atoms with Gasteiger partial charge in [0.05, 0.1) is 13.2 Å². The lowest BCUT2D eigenvalue weighted by atomic mass is 10.2. The molecular formula is C19H24FN3O2. The third kappa shape index (κ3) is 4.14. The number of fused-ring (bicyclic) bond motifs is 1. The average Bonchev–Trinajstić information content (AvgIpc) is 3.21. The standard InChI is InChI=1S/C12H16N2O.C7H8FNO/c1-8-9(7-15)2-3-12(13-8)14-5-10-4-11(10)6-14;1-5-6(4-10)2-3-7(8)9-5/h2-3,10-11,15H,4-7H2,1H3;2-3,10H,4H2,1H3. The van der Waals surface area contributed by atoms with E-state index in [9.17, 15) is 4.39 Å². The molecule has 2 unspecified atom stereocenters. The molecule has 2 aliphatic rings. The molecule has 6 heteroatoms. The van der Waals surface area contributed by atoms with E-state index in [0.717, 1.165) is 28.9 Å². The summed E-state index contributed by atoms with van der Waals surface area (Å²) in [6.45, 7) is 5.98. The molecule has 0 radical (unpaired) electrons. The normalized spacial score (nSPS) is 20.8. The van der Waals surface area contributed by atoms with Crippen LogP contribution >= 0.6 is 0 Å². The van der Waals surface area contributed by atoms with Crippen LogP contribution < -0.4 is 4.90 Å². The molecule has 25 heavy (non-hydrogen) atoms. The zero-order valence-corrected chi connectivity index (χ0v) is 14.6. The highest BCUT2D eigenvalue weighted by Crippen LogP contribution is 2.45. The highest BCUT2D eigenvalue weighted by Gasteiger charge is 2.45. The minimum Gasteiger partial charge on any atom is -0.392 e. The van der Waals surface area contributed by atoms with Crippen LogP contribution in [0.1, 0.15) is 28.9 Å². The number of aromatic nitrogens is 2. The van der Waals surface area contributed by atoms with Crippen molar-refractivity contribution in [3.05, 3.63) is 52.7 Å². The van der Waals surface area contributed by atoms with Crippen molar-refractivity contribution in [2.24, 2.45) is 11.8 Å². The Labute approximate surface area is 147 Å². The summed E-state index contributed by atoms with van der Waals surface area (Å²) in [5.41, 5.74) is 3.10. The van der Waals surface area contributed by atoms with Crippen LogP contribution in [0.4, 0.5) is 10.2 Å². The zero-order valence-electron chi connectivity index (χ0n) is 14.6. The summed E-state index contributed by atoms with van der Waals surface area (Å²) in [7, 11) is 0. The van der Waals surface area contributed by atoms with Crippen LogP contribution in [0.15, 0.2) is 24.3 Å². The summed E-state index contributed by atoms with van der Waals surface area (Å²) >= 11 is 0. The maximum absolute atomic E-state index is 12.3. The van der Waals surface area contributed by atoms with E-state index in [4.69, 9.17) is 10.2 Å². The fourth-order valence-corrected chi connectivity index (χ4v) is 3.23. The van der Waals surface area contributed by atoms with E-state index in [2.05, 4.69) is 14.9 Å². The first-order valence-corrected chi connectivity index (χ1v) is 8.57. The number of aliphatic hydroxyl groups is 2. The Kier molecular flexibility index (Phi) is 5.30. The Morgan fingerprint density at radius 3 is 2.04 bits per heavy atom. The molecule has 3 heterocycles. The third-order valence-corrected chi connectivity index (χ3v) is 4.99. The van der Waals surface area contributed by atoms with Crippen molar-refractivity contribution in [3.63, 3.8) is 0 Å². The summed E-state index contributed by atoms with van der Waals surface area (Å²) in [4.78, 5) is 10.4. The summed E-state index contributed by atoms with van der Waals surface area (Å²) in [6, 6.07) is 6.78. The van der Waals surface area contributed by atoms with Gasteiger partial charge in [-0.05, 0) is 55.4 Å². The van der Waals surface area contributed by atoms with Gasteiger partial charge < -0.3 is 15.1 Å². The van der Waals surface area contributed by atoms with Crippen LogP contribution in [0.3, 0.4) is 0 Å². The fourth-order valence-electron chi connectivity index (χ4n) is 3.23. The molecule has 0 spiro atoms. The second-order valence-electron chi connectivity index (χ2n) is 6.77. The molecule has 1 aliphatic heterocycles. The lowest BCUT2D eigenvalue weighted by molar-refractivity contribution is 0.280. The lowest BCUT2D eigenvalue weighted by Gasteiger charge is -2.19. The molecule has 5 nitrogen and oxygen atoms in total. The van der Waals surface area contributed by atoms with Crippen molar-refractivity contribution in [1.82, 2.24) is 9.97 Å². The van der Waals surface area contributed by atoms with Crippen LogP contribution in [0.2, 0.25) is 0 Å². The third-order valence-electron chi connectivity index (χ3n) is 4.99. The summed E-state index contributed by atoms with van der Waals surface area (Å²) in [5.74, 6) is 2.45. The van der Waals surface area contributed by atoms with Gasteiger partial charge in [0.15, 0.2) is 0 Å². The van der Waals surface area contributed by atoms with Crippen molar-refractivity contribution in [1.29, 1.82) is 0 Å². The number of halogens is 1. The Hall–Kier alpha value is -2.05. The smallest absolute Gasteiger partial charge is 0.213 e. The predicted octanol–water partition coefficient (Wildman–Crippen LogP) is 2.36. The van der Waals surface area contributed by atoms with Crippen LogP contribution in [0, 0.1) is 31.6 Å². The van der Waals surface area contributed by atoms with Gasteiger partial charge in [-0.2, -0.15) is 4.39 Å². The Morgan fingerprint density at radius 1 is 0.960 bits per heavy atom. The van der Waals surface area contributed by atoms with E-state index in [1.54, 1.807) is 6.92 Å². The number of hydrogen-bond donors (Lipinski definition) is 2. The molecule has 1 saturated carbocycles. The van der Waals surface area contributed by atoms with Gasteiger partial charge in [0, 0.05) is 24.5 Å². The Balaban J connectivity index is 0.000000160. The van der Waals surface area contributed by atoms with E-state index < -0.39 is 5.95 Å². The largest absolute Gasteiger partial charge is 0.392 e. The van der Waals surface area contributed by atoms with Gasteiger partial charge >= 0.3 is 0 Å². The molecule has 2 aromatic rings. The quantitative estimate of drug-likeness (QED) is 0.836. The van der Waals surface area contributed by atoms with Gasteiger partial charge in [-0.25, -0.2) is 9.97 Å². The molecule has 4 rings (SSSR count).